The summed E-state index contributed by atoms with van der Waals surface area (Å²) in [5.74, 6) is 0. The molecule has 4 heteroatoms. The van der Waals surface area contributed by atoms with Gasteiger partial charge in [0, 0.05) is 53.5 Å². The molecule has 0 amide bonds. The number of para-hydroxylation sites is 3. The van der Waals surface area contributed by atoms with E-state index < -0.39 is 5.41 Å². The van der Waals surface area contributed by atoms with Gasteiger partial charge in [0.2, 0.25) is 0 Å². The number of benzene rings is 10. The molecule has 1 spiro atoms. The van der Waals surface area contributed by atoms with Gasteiger partial charge in [-0.3, -0.25) is 0 Å². The first-order valence-electron chi connectivity index (χ1n) is 22.3. The molecule has 1 aliphatic carbocycles. The topological polar surface area (TPSA) is 23.0 Å². The van der Waals surface area contributed by atoms with Gasteiger partial charge in [0.15, 0.2) is 0 Å². The average Bonchev–Trinajstić information content (AvgIpc) is 4.09. The second-order valence-electron chi connectivity index (χ2n) is 17.6. The van der Waals surface area contributed by atoms with Crippen LogP contribution >= 0.6 is 11.8 Å². The van der Waals surface area contributed by atoms with Gasteiger partial charge in [-0.25, -0.2) is 0 Å². The fraction of sp³-hybridized carbons (Fsp3) is 0.0164. The summed E-state index contributed by atoms with van der Waals surface area (Å²) in [5, 5.41) is 7.21. The van der Waals surface area contributed by atoms with Gasteiger partial charge in [0.05, 0.1) is 27.5 Å². The normalized spacial score (nSPS) is 13.6. The van der Waals surface area contributed by atoms with Crippen LogP contribution in [0.3, 0.4) is 0 Å². The summed E-state index contributed by atoms with van der Waals surface area (Å²) in [4.78, 5) is 2.63. The van der Waals surface area contributed by atoms with E-state index in [1.54, 1.807) is 0 Å². The summed E-state index contributed by atoms with van der Waals surface area (Å²) in [6.07, 6.45) is 0. The molecule has 0 N–H and O–H groups in total. The second-order valence-corrected chi connectivity index (χ2v) is 18.7. The molecule has 15 rings (SSSR count). The molecule has 0 bridgehead atoms. The molecule has 1 aliphatic heterocycles. The highest BCUT2D eigenvalue weighted by Gasteiger charge is 2.50. The van der Waals surface area contributed by atoms with Crippen molar-refractivity contribution in [3.05, 3.63) is 241 Å². The summed E-state index contributed by atoms with van der Waals surface area (Å²) in [6, 6.07) is 80.9. The molecule has 4 heterocycles. The second kappa shape index (κ2) is 13.0. The molecular formula is C61H36N2OS. The fourth-order valence-corrected chi connectivity index (χ4v) is 12.9. The molecule has 0 radical (unpaired) electrons. The fourth-order valence-electron chi connectivity index (χ4n) is 11.7. The molecule has 302 valence electrons. The van der Waals surface area contributed by atoms with Gasteiger partial charge >= 0.3 is 0 Å². The molecule has 3 nitrogen and oxygen atoms in total. The molecule has 13 aromatic rings. The van der Waals surface area contributed by atoms with E-state index in [4.69, 9.17) is 4.42 Å². The Labute approximate surface area is 378 Å². The Morgan fingerprint density at radius 2 is 0.815 bits per heavy atom. The molecule has 0 atom stereocenters. The van der Waals surface area contributed by atoms with Crippen molar-refractivity contribution in [2.45, 2.75) is 15.2 Å². The van der Waals surface area contributed by atoms with Crippen LogP contribution in [0.15, 0.2) is 233 Å². The van der Waals surface area contributed by atoms with Crippen molar-refractivity contribution in [2.24, 2.45) is 0 Å². The molecule has 10 aromatic carbocycles. The van der Waals surface area contributed by atoms with Crippen molar-refractivity contribution in [3.8, 4) is 33.6 Å². The first-order valence-corrected chi connectivity index (χ1v) is 23.1. The van der Waals surface area contributed by atoms with E-state index in [0.717, 1.165) is 33.3 Å². The van der Waals surface area contributed by atoms with E-state index >= 15 is 0 Å². The lowest BCUT2D eigenvalue weighted by Crippen LogP contribution is -2.32. The number of rotatable bonds is 3. The predicted octanol–water partition coefficient (Wildman–Crippen LogP) is 16.3. The Balaban J connectivity index is 0.921. The molecule has 2 aliphatic rings. The number of nitrogens with zero attached hydrogens (tertiary/aromatic N) is 2. The van der Waals surface area contributed by atoms with Crippen LogP contribution in [0.4, 0.5) is 0 Å². The SMILES string of the molecule is c1ccc2c(c1)Sc1ccccc1C21c2ccccc2-c2ccc(-n3c4ccccc4c4cc(-n5c6ccccc6c6cc(-c7ccc8oc9ccccc9c8c7)ccc65)ccc43)cc21. The van der Waals surface area contributed by atoms with Crippen molar-refractivity contribution < 1.29 is 4.42 Å². The summed E-state index contributed by atoms with van der Waals surface area (Å²) < 4.78 is 11.1. The van der Waals surface area contributed by atoms with Crippen LogP contribution in [-0.2, 0) is 5.41 Å². The first-order chi connectivity index (χ1) is 32.2. The van der Waals surface area contributed by atoms with Crippen molar-refractivity contribution in [3.63, 3.8) is 0 Å². The zero-order valence-corrected chi connectivity index (χ0v) is 35.8. The van der Waals surface area contributed by atoms with Gasteiger partial charge in [0.1, 0.15) is 11.2 Å². The van der Waals surface area contributed by atoms with Gasteiger partial charge in [-0.05, 0) is 129 Å². The van der Waals surface area contributed by atoms with Crippen LogP contribution in [0.1, 0.15) is 22.3 Å². The molecule has 65 heavy (non-hydrogen) atoms. The number of hydrogen-bond donors (Lipinski definition) is 0. The third kappa shape index (κ3) is 4.71. The van der Waals surface area contributed by atoms with Gasteiger partial charge in [-0.2, -0.15) is 0 Å². The maximum Gasteiger partial charge on any atom is 0.135 e. The summed E-state index contributed by atoms with van der Waals surface area (Å²) in [7, 11) is 0. The van der Waals surface area contributed by atoms with Gasteiger partial charge in [0.25, 0.3) is 0 Å². The number of hydrogen-bond acceptors (Lipinski definition) is 2. The van der Waals surface area contributed by atoms with Crippen molar-refractivity contribution in [1.82, 2.24) is 9.13 Å². The summed E-state index contributed by atoms with van der Waals surface area (Å²) in [6.45, 7) is 0. The first kappa shape index (κ1) is 35.4. The molecule has 3 aromatic heterocycles. The van der Waals surface area contributed by atoms with Crippen molar-refractivity contribution >= 4 is 77.3 Å². The van der Waals surface area contributed by atoms with Crippen LogP contribution in [-0.4, -0.2) is 9.13 Å². The van der Waals surface area contributed by atoms with Gasteiger partial charge in [-0.1, -0.05) is 145 Å². The van der Waals surface area contributed by atoms with Crippen LogP contribution in [0, 0.1) is 0 Å². The Morgan fingerprint density at radius 1 is 0.323 bits per heavy atom. The molecule has 0 unspecified atom stereocenters. The van der Waals surface area contributed by atoms with Crippen molar-refractivity contribution in [2.75, 3.05) is 0 Å². The zero-order valence-electron chi connectivity index (χ0n) is 35.0. The average molecular weight is 845 g/mol. The van der Waals surface area contributed by atoms with E-state index in [0.29, 0.717) is 0 Å². The van der Waals surface area contributed by atoms with Gasteiger partial charge in [-0.15, -0.1) is 0 Å². The third-order valence-electron chi connectivity index (χ3n) is 14.4. The van der Waals surface area contributed by atoms with Crippen molar-refractivity contribution in [1.29, 1.82) is 0 Å². The highest BCUT2D eigenvalue weighted by molar-refractivity contribution is 7.99. The van der Waals surface area contributed by atoms with E-state index in [9.17, 15) is 0 Å². The number of fused-ring (bicyclic) bond motifs is 18. The Morgan fingerprint density at radius 3 is 1.55 bits per heavy atom. The van der Waals surface area contributed by atoms with E-state index in [-0.39, 0.29) is 0 Å². The molecule has 0 fully saturated rings. The lowest BCUT2D eigenvalue weighted by molar-refractivity contribution is 0.669. The van der Waals surface area contributed by atoms with Gasteiger partial charge < -0.3 is 13.6 Å². The molecular weight excluding hydrogens is 809 g/mol. The lowest BCUT2D eigenvalue weighted by Gasteiger charge is -2.39. The molecule has 0 saturated heterocycles. The largest absolute Gasteiger partial charge is 0.456 e. The minimum absolute atomic E-state index is 0.441. The minimum Gasteiger partial charge on any atom is -0.456 e. The third-order valence-corrected chi connectivity index (χ3v) is 15.5. The van der Waals surface area contributed by atoms with Crippen LogP contribution in [0.5, 0.6) is 0 Å². The van der Waals surface area contributed by atoms with Crippen LogP contribution < -0.4 is 0 Å². The maximum atomic E-state index is 6.18. The zero-order chi connectivity index (χ0) is 42.4. The lowest BCUT2D eigenvalue weighted by atomic mass is 9.67. The Kier molecular flexibility index (Phi) is 7.09. The highest BCUT2D eigenvalue weighted by atomic mass is 32.2. The standard InChI is InChI=1S/C61H36N2OS/c1-5-17-49-41(13-1)42-29-27-40(36-52(42)61(49)50-18-6-11-23-59(50)65-60-24-12-7-19-51(60)61)63-54-21-9-3-15-44(54)47-35-39(28-31-56(47)63)62-53-20-8-2-14-43(53)46-33-37(25-30-55(46)62)38-26-32-58-48(34-38)45-16-4-10-22-57(45)64-58/h1-36H. The monoisotopic (exact) mass is 844 g/mol. The Bertz CT molecular complexity index is 4140. The molecule has 0 saturated carbocycles. The summed E-state index contributed by atoms with van der Waals surface area (Å²) in [5.41, 5.74) is 18.8. The van der Waals surface area contributed by atoms with Crippen LogP contribution in [0.25, 0.3) is 99.2 Å². The van der Waals surface area contributed by atoms with E-state index in [1.165, 1.54) is 97.9 Å². The van der Waals surface area contributed by atoms with Crippen LogP contribution in [0.2, 0.25) is 0 Å². The predicted molar refractivity (Wildman–Crippen MR) is 269 cm³/mol. The number of furan rings is 1. The minimum atomic E-state index is -0.441. The highest BCUT2D eigenvalue weighted by Crippen LogP contribution is 2.62. The maximum absolute atomic E-state index is 6.18. The quantitative estimate of drug-likeness (QED) is 0.177. The Hall–Kier alpha value is -8.05. The summed E-state index contributed by atoms with van der Waals surface area (Å²) >= 11 is 1.89. The van der Waals surface area contributed by atoms with E-state index in [2.05, 4.69) is 215 Å². The number of aromatic nitrogens is 2. The van der Waals surface area contributed by atoms with E-state index in [1.807, 2.05) is 23.9 Å². The smallest absolute Gasteiger partial charge is 0.135 e.